The van der Waals surface area contributed by atoms with Crippen LogP contribution in [-0.2, 0) is 19.4 Å². The molecule has 9 nitrogen and oxygen atoms in total. The van der Waals surface area contributed by atoms with Crippen LogP contribution in [0.3, 0.4) is 0 Å². The minimum absolute atomic E-state index is 0.220. The molecular formula is C24H28BN5O4S. The maximum atomic E-state index is 12.8. The van der Waals surface area contributed by atoms with Gasteiger partial charge in [-0.15, -0.1) is 0 Å². The van der Waals surface area contributed by atoms with Crippen molar-refractivity contribution >= 4 is 30.8 Å². The van der Waals surface area contributed by atoms with Crippen molar-refractivity contribution < 1.29 is 14.8 Å². The van der Waals surface area contributed by atoms with Gasteiger partial charge in [0.1, 0.15) is 5.03 Å². The molecule has 3 aromatic rings. The Morgan fingerprint density at radius 1 is 1.23 bits per heavy atom. The third-order valence-electron chi connectivity index (χ3n) is 5.80. The highest BCUT2D eigenvalue weighted by molar-refractivity contribution is 7.97. The van der Waals surface area contributed by atoms with Gasteiger partial charge in [-0.1, -0.05) is 24.2 Å². The van der Waals surface area contributed by atoms with Crippen LogP contribution in [0.1, 0.15) is 37.4 Å². The van der Waals surface area contributed by atoms with Crippen molar-refractivity contribution in [3.63, 3.8) is 0 Å². The van der Waals surface area contributed by atoms with Gasteiger partial charge in [0.2, 0.25) is 0 Å². The number of amides is 2. The van der Waals surface area contributed by atoms with Gasteiger partial charge in [-0.05, 0) is 61.9 Å². The molecule has 2 heterocycles. The van der Waals surface area contributed by atoms with E-state index in [9.17, 15) is 9.59 Å². The zero-order valence-corrected chi connectivity index (χ0v) is 20.5. The predicted molar refractivity (Wildman–Crippen MR) is 138 cm³/mol. The molecule has 0 spiro atoms. The Morgan fingerprint density at radius 3 is 2.77 bits per heavy atom. The van der Waals surface area contributed by atoms with Gasteiger partial charge in [-0.2, -0.15) is 5.10 Å². The summed E-state index contributed by atoms with van der Waals surface area (Å²) in [6.45, 7) is 4.29. The highest BCUT2D eigenvalue weighted by atomic mass is 32.2. The first-order chi connectivity index (χ1) is 16.8. The molecule has 0 atom stereocenters. The van der Waals surface area contributed by atoms with Crippen molar-refractivity contribution in [2.75, 3.05) is 5.32 Å². The van der Waals surface area contributed by atoms with E-state index in [1.807, 2.05) is 42.9 Å². The van der Waals surface area contributed by atoms with E-state index < -0.39 is 7.12 Å². The predicted octanol–water partition coefficient (Wildman–Crippen LogP) is 3.18. The summed E-state index contributed by atoms with van der Waals surface area (Å²) in [6, 6.07) is 9.07. The summed E-state index contributed by atoms with van der Waals surface area (Å²) >= 11 is 1.15. The van der Waals surface area contributed by atoms with Crippen molar-refractivity contribution in [3.05, 3.63) is 76.3 Å². The van der Waals surface area contributed by atoms with E-state index in [1.165, 1.54) is 28.2 Å². The number of anilines is 1. The fraction of sp³-hybridized carbons (Fsp3) is 0.292. The summed E-state index contributed by atoms with van der Waals surface area (Å²) in [6.07, 6.45) is 7.87. The van der Waals surface area contributed by atoms with E-state index in [2.05, 4.69) is 21.2 Å². The van der Waals surface area contributed by atoms with Gasteiger partial charge in [-0.3, -0.25) is 14.2 Å². The third kappa shape index (κ3) is 6.05. The summed E-state index contributed by atoms with van der Waals surface area (Å²) in [7, 11) is -1.56. The highest BCUT2D eigenvalue weighted by Gasteiger charge is 2.21. The number of rotatable bonds is 8. The van der Waals surface area contributed by atoms with Gasteiger partial charge in [0.25, 0.3) is 5.56 Å². The summed E-state index contributed by atoms with van der Waals surface area (Å²) < 4.78 is 6.09. The maximum absolute atomic E-state index is 12.8. The van der Waals surface area contributed by atoms with Crippen LogP contribution < -0.4 is 15.6 Å². The number of urea groups is 1. The summed E-state index contributed by atoms with van der Waals surface area (Å²) in [4.78, 5) is 25.5. The first-order valence-electron chi connectivity index (χ1n) is 11.5. The minimum Gasteiger partial charge on any atom is -0.424 e. The molecule has 0 fully saturated rings. The molecule has 0 aliphatic heterocycles. The van der Waals surface area contributed by atoms with E-state index in [0.717, 1.165) is 42.3 Å². The lowest BCUT2D eigenvalue weighted by Gasteiger charge is -2.16. The van der Waals surface area contributed by atoms with E-state index in [0.29, 0.717) is 16.3 Å². The molecule has 0 bridgehead atoms. The molecule has 1 aliphatic rings. The molecule has 0 radical (unpaired) electrons. The van der Waals surface area contributed by atoms with Gasteiger partial charge in [0.05, 0.1) is 5.69 Å². The molecule has 182 valence electrons. The van der Waals surface area contributed by atoms with Crippen molar-refractivity contribution in [2.45, 2.75) is 50.7 Å². The normalized spacial score (nSPS) is 12.8. The number of benzene rings is 1. The average Bonchev–Trinajstić information content (AvgIpc) is 3.49. The largest absolute Gasteiger partial charge is 0.480 e. The van der Waals surface area contributed by atoms with Crippen LogP contribution in [-0.4, -0.2) is 37.5 Å². The number of hydrogen-bond donors (Lipinski definition) is 4. The lowest BCUT2D eigenvalue weighted by Crippen LogP contribution is -2.24. The van der Waals surface area contributed by atoms with Gasteiger partial charge < -0.3 is 19.9 Å². The first-order valence-corrected chi connectivity index (χ1v) is 12.3. The smallest absolute Gasteiger partial charge is 0.424 e. The number of pyridine rings is 1. The van der Waals surface area contributed by atoms with E-state index in [4.69, 9.17) is 10.0 Å². The Labute approximate surface area is 208 Å². The second-order valence-electron chi connectivity index (χ2n) is 8.61. The molecule has 1 aromatic carbocycles. The molecule has 4 N–H and O–H groups in total. The molecule has 2 amide bonds. The maximum Gasteiger partial charge on any atom is 0.480 e. The van der Waals surface area contributed by atoms with Crippen LogP contribution in [0.2, 0.25) is 0 Å². The van der Waals surface area contributed by atoms with Crippen LogP contribution >= 0.6 is 11.9 Å². The second-order valence-corrected chi connectivity index (χ2v) is 9.44. The molecule has 0 saturated heterocycles. The number of aromatic nitrogens is 3. The highest BCUT2D eigenvalue weighted by Crippen LogP contribution is 2.37. The van der Waals surface area contributed by atoms with Gasteiger partial charge in [-0.25, -0.2) is 4.79 Å². The molecular weight excluding hydrogens is 465 g/mol. The standard InChI is InChI=1S/C24H28BN5O4S/c1-16(2)30-14-10-21(27-30)35-28-24(32)26-23-19-6-3-5-17(19)7-8-20(23)18-9-13-29(22(31)15-18)12-4-11-25(33)34/h4,7-11,13-16,33-34H,3,5-6,12H2,1-2H3,(H2,26,28,32)/b11-4+. The fourth-order valence-electron chi connectivity index (χ4n) is 4.07. The second kappa shape index (κ2) is 11.0. The van der Waals surface area contributed by atoms with E-state index in [-0.39, 0.29) is 24.2 Å². The van der Waals surface area contributed by atoms with Crippen molar-refractivity contribution in [1.82, 2.24) is 19.1 Å². The number of aryl methyl sites for hydroxylation is 1. The van der Waals surface area contributed by atoms with Crippen LogP contribution in [0.25, 0.3) is 11.1 Å². The average molecular weight is 493 g/mol. The molecule has 1 aliphatic carbocycles. The molecule has 11 heteroatoms. The van der Waals surface area contributed by atoms with Gasteiger partial charge in [0.15, 0.2) is 0 Å². The zero-order valence-electron chi connectivity index (χ0n) is 19.6. The topological polar surface area (TPSA) is 121 Å². The number of carbonyl (C=O) groups is 1. The SMILES string of the molecule is CC(C)n1ccc(SNC(=O)Nc2c(-c3ccn(C/C=C/B(O)O)c(=O)c3)ccc3c2CCC3)n1. The third-order valence-corrected chi connectivity index (χ3v) is 6.51. The Hall–Kier alpha value is -3.28. The minimum atomic E-state index is -1.56. The monoisotopic (exact) mass is 493 g/mol. The number of fused-ring (bicyclic) bond motifs is 1. The van der Waals surface area contributed by atoms with Crippen molar-refractivity contribution in [1.29, 1.82) is 0 Å². The summed E-state index contributed by atoms with van der Waals surface area (Å²) in [5, 5.41) is 26.0. The fourth-order valence-corrected chi connectivity index (χ4v) is 4.58. The van der Waals surface area contributed by atoms with Crippen LogP contribution in [0.5, 0.6) is 0 Å². The quantitative estimate of drug-likeness (QED) is 0.283. The number of allylic oxidation sites excluding steroid dienone is 1. The Bertz CT molecular complexity index is 1300. The molecule has 35 heavy (non-hydrogen) atoms. The first kappa shape index (κ1) is 24.8. The van der Waals surface area contributed by atoms with E-state index >= 15 is 0 Å². The van der Waals surface area contributed by atoms with E-state index in [1.54, 1.807) is 6.20 Å². The Kier molecular flexibility index (Phi) is 7.79. The Morgan fingerprint density at radius 2 is 2.06 bits per heavy atom. The number of nitrogens with one attached hydrogen (secondary N) is 2. The zero-order chi connectivity index (χ0) is 24.9. The Balaban J connectivity index is 1.55. The summed E-state index contributed by atoms with van der Waals surface area (Å²) in [5.74, 6) is 1.20. The lowest BCUT2D eigenvalue weighted by atomic mass is 9.92. The summed E-state index contributed by atoms with van der Waals surface area (Å²) in [5.41, 5.74) is 4.26. The molecule has 2 aromatic heterocycles. The van der Waals surface area contributed by atoms with Gasteiger partial charge in [0, 0.05) is 48.6 Å². The lowest BCUT2D eigenvalue weighted by molar-refractivity contribution is 0.257. The number of nitrogens with zero attached hydrogens (tertiary/aromatic N) is 3. The molecule has 0 saturated carbocycles. The molecule has 4 rings (SSSR count). The molecule has 0 unspecified atom stereocenters. The van der Waals surface area contributed by atoms with Crippen molar-refractivity contribution in [2.24, 2.45) is 0 Å². The van der Waals surface area contributed by atoms with Crippen LogP contribution in [0.15, 0.2) is 64.6 Å². The number of carbonyl (C=O) groups excluding carboxylic acids is 1. The van der Waals surface area contributed by atoms with Crippen LogP contribution in [0, 0.1) is 0 Å². The van der Waals surface area contributed by atoms with Crippen LogP contribution in [0.4, 0.5) is 10.5 Å². The van der Waals surface area contributed by atoms with Gasteiger partial charge >= 0.3 is 13.1 Å². The number of hydrogen-bond acceptors (Lipinski definition) is 6. The van der Waals surface area contributed by atoms with Crippen molar-refractivity contribution in [3.8, 4) is 11.1 Å².